The van der Waals surface area contributed by atoms with Crippen LogP contribution in [-0.2, 0) is 9.59 Å². The second-order valence-electron chi connectivity index (χ2n) is 7.37. The van der Waals surface area contributed by atoms with Gasteiger partial charge in [0.15, 0.2) is 5.78 Å². The highest BCUT2D eigenvalue weighted by molar-refractivity contribution is 6.91. The van der Waals surface area contributed by atoms with Gasteiger partial charge in [0.1, 0.15) is 6.29 Å². The first kappa shape index (κ1) is 17.9. The molecule has 1 fully saturated rings. The molecule has 1 aliphatic rings. The SMILES string of the molecule is C[C@H]1CC(=O)/C(=C/CCCC=O)[C@H]([Si](C)(C)c2ccccc2)C1. The maximum Gasteiger partial charge on any atom is 0.158 e. The summed E-state index contributed by atoms with van der Waals surface area (Å²) in [6, 6.07) is 10.7. The third-order valence-corrected chi connectivity index (χ3v) is 9.26. The summed E-state index contributed by atoms with van der Waals surface area (Å²) in [5, 5.41) is 1.42. The molecule has 0 aromatic heterocycles. The minimum absolute atomic E-state index is 0.330. The summed E-state index contributed by atoms with van der Waals surface area (Å²) in [7, 11) is -1.75. The molecule has 0 spiro atoms. The van der Waals surface area contributed by atoms with Crippen LogP contribution in [0.15, 0.2) is 42.0 Å². The third-order valence-electron chi connectivity index (χ3n) is 5.15. The van der Waals surface area contributed by atoms with Crippen molar-refractivity contribution in [1.82, 2.24) is 0 Å². The van der Waals surface area contributed by atoms with E-state index in [1.54, 1.807) is 0 Å². The number of rotatable bonds is 6. The monoisotopic (exact) mass is 328 g/mol. The van der Waals surface area contributed by atoms with Crippen LogP contribution < -0.4 is 5.19 Å². The van der Waals surface area contributed by atoms with Crippen LogP contribution in [0.4, 0.5) is 0 Å². The first-order valence-corrected chi connectivity index (χ1v) is 11.8. The Kier molecular flexibility index (Phi) is 6.11. The molecule has 23 heavy (non-hydrogen) atoms. The highest BCUT2D eigenvalue weighted by atomic mass is 28.3. The van der Waals surface area contributed by atoms with Crippen molar-refractivity contribution in [2.24, 2.45) is 5.92 Å². The number of unbranched alkanes of at least 4 members (excludes halogenated alkanes) is 2. The van der Waals surface area contributed by atoms with Crippen molar-refractivity contribution in [2.75, 3.05) is 0 Å². The summed E-state index contributed by atoms with van der Waals surface area (Å²) in [6.45, 7) is 6.97. The van der Waals surface area contributed by atoms with Crippen molar-refractivity contribution in [3.05, 3.63) is 42.0 Å². The number of carbonyl (C=O) groups is 2. The zero-order valence-electron chi connectivity index (χ0n) is 14.5. The van der Waals surface area contributed by atoms with Gasteiger partial charge in [0.05, 0.1) is 8.07 Å². The smallest absolute Gasteiger partial charge is 0.158 e. The fraction of sp³-hybridized carbons (Fsp3) is 0.500. The molecular weight excluding hydrogens is 300 g/mol. The van der Waals surface area contributed by atoms with E-state index in [1.165, 1.54) is 5.19 Å². The molecule has 0 unspecified atom stereocenters. The largest absolute Gasteiger partial charge is 0.303 e. The van der Waals surface area contributed by atoms with Crippen LogP contribution in [0.3, 0.4) is 0 Å². The van der Waals surface area contributed by atoms with Crippen LogP contribution in [0, 0.1) is 5.92 Å². The second-order valence-corrected chi connectivity index (χ2v) is 12.1. The van der Waals surface area contributed by atoms with Crippen LogP contribution in [-0.4, -0.2) is 20.1 Å². The number of allylic oxidation sites excluding steroid dienone is 2. The molecule has 0 saturated heterocycles. The predicted octanol–water partition coefficient (Wildman–Crippen LogP) is 4.27. The molecule has 2 atom stereocenters. The fourth-order valence-electron chi connectivity index (χ4n) is 3.71. The molecule has 2 rings (SSSR count). The van der Waals surface area contributed by atoms with Crippen LogP contribution in [0.2, 0.25) is 18.6 Å². The number of aldehydes is 1. The normalized spacial score (nSPS) is 24.0. The zero-order chi connectivity index (χ0) is 16.9. The lowest BCUT2D eigenvalue weighted by atomic mass is 9.85. The summed E-state index contributed by atoms with van der Waals surface area (Å²) in [5.41, 5.74) is 1.44. The molecule has 0 heterocycles. The third kappa shape index (κ3) is 4.29. The summed E-state index contributed by atoms with van der Waals surface area (Å²) in [4.78, 5) is 23.1. The molecule has 0 amide bonds. The van der Waals surface area contributed by atoms with E-state index < -0.39 is 8.07 Å². The van der Waals surface area contributed by atoms with E-state index in [9.17, 15) is 9.59 Å². The molecule has 124 valence electrons. The Morgan fingerprint density at radius 2 is 1.87 bits per heavy atom. The van der Waals surface area contributed by atoms with Gasteiger partial charge >= 0.3 is 0 Å². The first-order chi connectivity index (χ1) is 11.0. The van der Waals surface area contributed by atoms with E-state index in [0.717, 1.165) is 31.1 Å². The molecule has 0 N–H and O–H groups in total. The van der Waals surface area contributed by atoms with E-state index in [2.05, 4.69) is 56.4 Å². The quantitative estimate of drug-likeness (QED) is 0.338. The average Bonchev–Trinajstić information content (AvgIpc) is 2.53. The summed E-state index contributed by atoms with van der Waals surface area (Å²) in [6.07, 6.45) is 7.15. The number of ketones is 1. The minimum atomic E-state index is -1.75. The predicted molar refractivity (Wildman–Crippen MR) is 98.7 cm³/mol. The molecule has 3 heteroatoms. The van der Waals surface area contributed by atoms with Crippen molar-refractivity contribution < 1.29 is 9.59 Å². The Morgan fingerprint density at radius 1 is 1.17 bits per heavy atom. The van der Waals surface area contributed by atoms with E-state index in [4.69, 9.17) is 0 Å². The van der Waals surface area contributed by atoms with E-state index in [0.29, 0.717) is 30.1 Å². The van der Waals surface area contributed by atoms with Gasteiger partial charge in [-0.15, -0.1) is 0 Å². The van der Waals surface area contributed by atoms with E-state index in [-0.39, 0.29) is 0 Å². The van der Waals surface area contributed by atoms with Gasteiger partial charge in [-0.2, -0.15) is 0 Å². The van der Waals surface area contributed by atoms with Crippen molar-refractivity contribution in [3.63, 3.8) is 0 Å². The van der Waals surface area contributed by atoms with Gasteiger partial charge in [0, 0.05) is 12.8 Å². The van der Waals surface area contributed by atoms with Gasteiger partial charge in [0.2, 0.25) is 0 Å². The number of Topliss-reactive ketones (excluding diaryl/α,β-unsaturated/α-hetero) is 1. The van der Waals surface area contributed by atoms with Gasteiger partial charge in [-0.3, -0.25) is 4.79 Å². The molecular formula is C20H28O2Si. The molecule has 1 aromatic carbocycles. The number of hydrogen-bond donors (Lipinski definition) is 0. The maximum absolute atomic E-state index is 12.6. The van der Waals surface area contributed by atoms with Gasteiger partial charge in [0.25, 0.3) is 0 Å². The number of carbonyl (C=O) groups excluding carboxylic acids is 2. The molecule has 1 aliphatic carbocycles. The fourth-order valence-corrected chi connectivity index (χ4v) is 7.21. The van der Waals surface area contributed by atoms with Crippen LogP contribution >= 0.6 is 0 Å². The van der Waals surface area contributed by atoms with Gasteiger partial charge in [-0.1, -0.05) is 61.6 Å². The van der Waals surface area contributed by atoms with E-state index >= 15 is 0 Å². The zero-order valence-corrected chi connectivity index (χ0v) is 15.5. The lowest BCUT2D eigenvalue weighted by Crippen LogP contribution is -2.49. The Morgan fingerprint density at radius 3 is 2.52 bits per heavy atom. The highest BCUT2D eigenvalue weighted by Gasteiger charge is 2.41. The number of hydrogen-bond acceptors (Lipinski definition) is 2. The molecule has 2 nitrogen and oxygen atoms in total. The van der Waals surface area contributed by atoms with Gasteiger partial charge < -0.3 is 4.79 Å². The van der Waals surface area contributed by atoms with Crippen LogP contribution in [0.5, 0.6) is 0 Å². The highest BCUT2D eigenvalue weighted by Crippen LogP contribution is 2.42. The van der Waals surface area contributed by atoms with Crippen molar-refractivity contribution in [3.8, 4) is 0 Å². The van der Waals surface area contributed by atoms with Gasteiger partial charge in [-0.25, -0.2) is 0 Å². The van der Waals surface area contributed by atoms with Crippen LogP contribution in [0.25, 0.3) is 0 Å². The Hall–Kier alpha value is -1.48. The minimum Gasteiger partial charge on any atom is -0.303 e. The topological polar surface area (TPSA) is 34.1 Å². The molecule has 0 aliphatic heterocycles. The molecule has 0 bridgehead atoms. The van der Waals surface area contributed by atoms with Gasteiger partial charge in [-0.05, 0) is 36.3 Å². The molecule has 1 aromatic rings. The summed E-state index contributed by atoms with van der Waals surface area (Å²) in [5.74, 6) is 0.798. The van der Waals surface area contributed by atoms with Crippen LogP contribution in [0.1, 0.15) is 39.0 Å². The Labute approximate surface area is 141 Å². The second kappa shape index (κ2) is 7.87. The Bertz CT molecular complexity index is 575. The maximum atomic E-state index is 12.6. The summed E-state index contributed by atoms with van der Waals surface area (Å²) >= 11 is 0. The molecule has 1 saturated carbocycles. The standard InChI is InChI=1S/C20H28O2Si/c1-16-14-19(22)18(12-8-5-9-13-21)20(15-16)23(2,3)17-10-6-4-7-11-17/h4,6-7,10-13,16,20H,5,8-9,14-15H2,1-3H3/b18-12-/t16-,20+/m0/s1. The summed E-state index contributed by atoms with van der Waals surface area (Å²) < 4.78 is 0. The first-order valence-electron chi connectivity index (χ1n) is 8.69. The van der Waals surface area contributed by atoms with Crippen molar-refractivity contribution in [1.29, 1.82) is 0 Å². The molecule has 0 radical (unpaired) electrons. The Balaban J connectivity index is 2.30. The lowest BCUT2D eigenvalue weighted by molar-refractivity contribution is -0.117. The van der Waals surface area contributed by atoms with Crippen molar-refractivity contribution in [2.45, 2.75) is 57.7 Å². The van der Waals surface area contributed by atoms with E-state index in [1.807, 2.05) is 0 Å². The lowest BCUT2D eigenvalue weighted by Gasteiger charge is -2.39. The number of benzene rings is 1. The van der Waals surface area contributed by atoms with Crippen molar-refractivity contribution >= 4 is 25.3 Å². The average molecular weight is 329 g/mol.